The molecule has 4 rings (SSSR count). The van der Waals surface area contributed by atoms with Gasteiger partial charge in [0.15, 0.2) is 0 Å². The molecule has 0 radical (unpaired) electrons. The van der Waals surface area contributed by atoms with Crippen LogP contribution in [0.15, 0.2) is 46.7 Å². The maximum atomic E-state index is 13.3. The number of nitrogens with zero attached hydrogens (tertiary/aromatic N) is 2. The van der Waals surface area contributed by atoms with Gasteiger partial charge in [-0.1, -0.05) is 6.07 Å². The van der Waals surface area contributed by atoms with Gasteiger partial charge in [-0.3, -0.25) is 4.79 Å². The molecule has 29 heavy (non-hydrogen) atoms. The quantitative estimate of drug-likeness (QED) is 0.670. The van der Waals surface area contributed by atoms with Gasteiger partial charge in [0.05, 0.1) is 24.5 Å². The van der Waals surface area contributed by atoms with E-state index in [9.17, 15) is 13.2 Å². The molecule has 2 aromatic rings. The van der Waals surface area contributed by atoms with Gasteiger partial charge in [-0.25, -0.2) is 8.42 Å². The zero-order valence-electron chi connectivity index (χ0n) is 16.5. The molecule has 2 fully saturated rings. The van der Waals surface area contributed by atoms with Crippen molar-refractivity contribution in [1.29, 1.82) is 0 Å². The van der Waals surface area contributed by atoms with Crippen molar-refractivity contribution < 1.29 is 17.9 Å². The molecule has 1 aromatic carbocycles. The highest BCUT2D eigenvalue weighted by Gasteiger charge is 2.39. The average Bonchev–Trinajstić information content (AvgIpc) is 3.47. The third-order valence-corrected chi connectivity index (χ3v) is 8.35. The van der Waals surface area contributed by atoms with Crippen LogP contribution >= 0.6 is 11.3 Å². The molecule has 2 aliphatic rings. The highest BCUT2D eigenvalue weighted by atomic mass is 32.2. The lowest BCUT2D eigenvalue weighted by Gasteiger charge is -2.34. The van der Waals surface area contributed by atoms with E-state index in [4.69, 9.17) is 4.74 Å². The SMILES string of the molecule is COc1ccc(S(=O)(=O)N2CCCC(C(=O)N(Cc3cccs3)C3CC3)C2)cc1. The minimum absolute atomic E-state index is 0.0931. The number of benzene rings is 1. The molecule has 8 heteroatoms. The van der Waals surface area contributed by atoms with Crippen molar-refractivity contribution in [3.8, 4) is 5.75 Å². The summed E-state index contributed by atoms with van der Waals surface area (Å²) in [4.78, 5) is 16.7. The largest absolute Gasteiger partial charge is 0.497 e. The van der Waals surface area contributed by atoms with Crippen LogP contribution in [0.1, 0.15) is 30.6 Å². The summed E-state index contributed by atoms with van der Waals surface area (Å²) in [5.74, 6) is 0.428. The molecule has 1 saturated heterocycles. The molecule has 1 aromatic heterocycles. The van der Waals surface area contributed by atoms with E-state index < -0.39 is 10.0 Å². The van der Waals surface area contributed by atoms with Crippen LogP contribution in [0.2, 0.25) is 0 Å². The number of piperidine rings is 1. The Morgan fingerprint density at radius 2 is 1.97 bits per heavy atom. The molecule has 6 nitrogen and oxygen atoms in total. The highest BCUT2D eigenvalue weighted by molar-refractivity contribution is 7.89. The summed E-state index contributed by atoms with van der Waals surface area (Å²) in [5, 5.41) is 2.02. The predicted molar refractivity (Wildman–Crippen MR) is 112 cm³/mol. The third kappa shape index (κ3) is 4.49. The van der Waals surface area contributed by atoms with Crippen LogP contribution in [-0.4, -0.2) is 49.8 Å². The van der Waals surface area contributed by atoms with Gasteiger partial charge in [-0.2, -0.15) is 4.31 Å². The molecule has 1 saturated carbocycles. The van der Waals surface area contributed by atoms with Crippen LogP contribution in [0.25, 0.3) is 0 Å². The first-order valence-electron chi connectivity index (χ1n) is 9.96. The van der Waals surface area contributed by atoms with Crippen molar-refractivity contribution in [2.24, 2.45) is 5.92 Å². The number of ether oxygens (including phenoxy) is 1. The lowest BCUT2D eigenvalue weighted by molar-refractivity contribution is -0.137. The van der Waals surface area contributed by atoms with Crippen molar-refractivity contribution in [3.63, 3.8) is 0 Å². The fraction of sp³-hybridized carbons (Fsp3) is 0.476. The molecule has 0 bridgehead atoms. The van der Waals surface area contributed by atoms with Crippen molar-refractivity contribution in [2.75, 3.05) is 20.2 Å². The Morgan fingerprint density at radius 3 is 2.59 bits per heavy atom. The van der Waals surface area contributed by atoms with Crippen molar-refractivity contribution in [1.82, 2.24) is 9.21 Å². The molecule has 0 N–H and O–H groups in total. The van der Waals surface area contributed by atoms with Crippen LogP contribution in [0.4, 0.5) is 0 Å². The van der Waals surface area contributed by atoms with Crippen molar-refractivity contribution in [2.45, 2.75) is 43.2 Å². The monoisotopic (exact) mass is 434 g/mol. The Bertz CT molecular complexity index is 938. The number of amides is 1. The second kappa shape index (κ2) is 8.45. The van der Waals surface area contributed by atoms with E-state index in [1.165, 1.54) is 9.18 Å². The topological polar surface area (TPSA) is 66.9 Å². The van der Waals surface area contributed by atoms with Gasteiger partial charge < -0.3 is 9.64 Å². The first-order valence-corrected chi connectivity index (χ1v) is 12.3. The zero-order valence-corrected chi connectivity index (χ0v) is 18.1. The molecule has 1 atom stereocenters. The molecule has 1 aliphatic heterocycles. The molecule has 1 amide bonds. The number of sulfonamides is 1. The smallest absolute Gasteiger partial charge is 0.243 e. The Hall–Kier alpha value is -1.90. The van der Waals surface area contributed by atoms with Crippen molar-refractivity contribution >= 4 is 27.3 Å². The Balaban J connectivity index is 1.48. The summed E-state index contributed by atoms with van der Waals surface area (Å²) in [6.45, 7) is 1.33. The summed E-state index contributed by atoms with van der Waals surface area (Å²) < 4.78 is 32.8. The van der Waals surface area contributed by atoms with Gasteiger partial charge in [0, 0.05) is 24.0 Å². The summed E-state index contributed by atoms with van der Waals surface area (Å²) in [6.07, 6.45) is 3.51. The van der Waals surface area contributed by atoms with Gasteiger partial charge in [-0.05, 0) is 61.4 Å². The Kier molecular flexibility index (Phi) is 5.94. The first kappa shape index (κ1) is 20.4. The fourth-order valence-electron chi connectivity index (χ4n) is 3.84. The van der Waals surface area contributed by atoms with E-state index in [0.29, 0.717) is 31.3 Å². The third-order valence-electron chi connectivity index (χ3n) is 5.61. The number of carbonyl (C=O) groups is 1. The molecular weight excluding hydrogens is 408 g/mol. The minimum Gasteiger partial charge on any atom is -0.497 e. The van der Waals surface area contributed by atoms with E-state index in [2.05, 4.69) is 6.07 Å². The molecule has 1 aliphatic carbocycles. The predicted octanol–water partition coefficient (Wildman–Crippen LogP) is 3.35. The van der Waals surface area contributed by atoms with Gasteiger partial charge in [-0.15, -0.1) is 11.3 Å². The summed E-state index contributed by atoms with van der Waals surface area (Å²) in [5.41, 5.74) is 0. The first-order chi connectivity index (χ1) is 14.0. The summed E-state index contributed by atoms with van der Waals surface area (Å²) >= 11 is 1.66. The number of rotatable bonds is 7. The van der Waals surface area contributed by atoms with E-state index in [1.54, 1.807) is 42.7 Å². The maximum Gasteiger partial charge on any atom is 0.243 e. The molecule has 1 unspecified atom stereocenters. The number of carbonyl (C=O) groups excluding carboxylic acids is 1. The number of hydrogen-bond acceptors (Lipinski definition) is 5. The normalized spacial score (nSPS) is 20.4. The van der Waals surface area contributed by atoms with Crippen LogP contribution < -0.4 is 4.74 Å². The van der Waals surface area contributed by atoms with E-state index in [1.807, 2.05) is 16.3 Å². The van der Waals surface area contributed by atoms with E-state index >= 15 is 0 Å². The molecule has 0 spiro atoms. The van der Waals surface area contributed by atoms with Gasteiger partial charge in [0.2, 0.25) is 15.9 Å². The number of methoxy groups -OCH3 is 1. The van der Waals surface area contributed by atoms with Gasteiger partial charge in [0.25, 0.3) is 0 Å². The second-order valence-corrected chi connectivity index (χ2v) is 10.6. The fourth-order valence-corrected chi connectivity index (χ4v) is 6.06. The zero-order chi connectivity index (χ0) is 20.4. The Labute approximate surface area is 176 Å². The standard InChI is InChI=1S/C21H26N2O4S2/c1-27-18-8-10-20(11-9-18)29(25,26)22-12-2-4-16(14-22)21(24)23(17-6-7-17)15-19-5-3-13-28-19/h3,5,8-11,13,16-17H,2,4,6-7,12,14-15H2,1H3. The van der Waals surface area contributed by atoms with E-state index in [-0.39, 0.29) is 23.3 Å². The van der Waals surface area contributed by atoms with Gasteiger partial charge in [0.1, 0.15) is 5.75 Å². The Morgan fingerprint density at radius 1 is 1.21 bits per heavy atom. The minimum atomic E-state index is -3.62. The lowest BCUT2D eigenvalue weighted by atomic mass is 9.98. The number of hydrogen-bond donors (Lipinski definition) is 0. The van der Waals surface area contributed by atoms with Crippen LogP contribution in [0.3, 0.4) is 0 Å². The molecule has 2 heterocycles. The average molecular weight is 435 g/mol. The summed E-state index contributed by atoms with van der Waals surface area (Å²) in [6, 6.07) is 10.8. The molecule has 156 valence electrons. The summed E-state index contributed by atoms with van der Waals surface area (Å²) in [7, 11) is -2.08. The molecular formula is C21H26N2O4S2. The van der Waals surface area contributed by atoms with Crippen LogP contribution in [0, 0.1) is 5.92 Å². The second-order valence-electron chi connectivity index (χ2n) is 7.65. The van der Waals surface area contributed by atoms with Crippen molar-refractivity contribution in [3.05, 3.63) is 46.7 Å². The highest BCUT2D eigenvalue weighted by Crippen LogP contribution is 2.33. The van der Waals surface area contributed by atoms with Crippen LogP contribution in [-0.2, 0) is 21.4 Å². The maximum absolute atomic E-state index is 13.3. The van der Waals surface area contributed by atoms with Crippen LogP contribution in [0.5, 0.6) is 5.75 Å². The number of thiophene rings is 1. The van der Waals surface area contributed by atoms with Gasteiger partial charge >= 0.3 is 0 Å². The van der Waals surface area contributed by atoms with E-state index in [0.717, 1.165) is 19.3 Å². The lowest BCUT2D eigenvalue weighted by Crippen LogP contribution is -2.47.